The summed E-state index contributed by atoms with van der Waals surface area (Å²) in [6.07, 6.45) is 0. The number of hydrazone groups is 1. The van der Waals surface area contributed by atoms with Crippen LogP contribution in [0.3, 0.4) is 0 Å². The van der Waals surface area contributed by atoms with Crippen LogP contribution in [-0.4, -0.2) is 38.2 Å². The number of anilines is 1. The van der Waals surface area contributed by atoms with Crippen molar-refractivity contribution < 1.29 is 30.0 Å². The maximum Gasteiger partial charge on any atom is 0.335 e. The average molecular weight is 369 g/mol. The Morgan fingerprint density at radius 2 is 1.56 bits per heavy atom. The van der Waals surface area contributed by atoms with Gasteiger partial charge in [-0.3, -0.25) is 5.43 Å². The van der Waals surface area contributed by atoms with E-state index in [0.29, 0.717) is 0 Å². The number of amidine groups is 1. The lowest BCUT2D eigenvalue weighted by atomic mass is 10.2. The zero-order valence-corrected chi connectivity index (χ0v) is 13.4. The smallest absolute Gasteiger partial charge is 0.335 e. The van der Waals surface area contributed by atoms with Crippen molar-refractivity contribution in [3.63, 3.8) is 0 Å². The van der Waals surface area contributed by atoms with Gasteiger partial charge in [0.25, 0.3) is 5.84 Å². The molecule has 136 valence electrons. The predicted molar refractivity (Wildman–Crippen MR) is 91.3 cm³/mol. The summed E-state index contributed by atoms with van der Waals surface area (Å²) >= 11 is 0. The van der Waals surface area contributed by atoms with Crippen LogP contribution in [0.4, 0.5) is 11.4 Å². The van der Waals surface area contributed by atoms with Crippen LogP contribution in [0.25, 0.3) is 0 Å². The van der Waals surface area contributed by atoms with E-state index in [2.05, 4.69) is 20.8 Å². The number of azo groups is 1. The van der Waals surface area contributed by atoms with Crippen molar-refractivity contribution >= 4 is 29.1 Å². The van der Waals surface area contributed by atoms with Gasteiger partial charge in [-0.2, -0.15) is 5.26 Å². The highest BCUT2D eigenvalue weighted by Gasteiger charge is 2.09. The van der Waals surface area contributed by atoms with E-state index >= 15 is 0 Å². The minimum absolute atomic E-state index is 0.0893. The third-order valence-electron chi connectivity index (χ3n) is 3.10. The fourth-order valence-corrected chi connectivity index (χ4v) is 1.78. The quantitative estimate of drug-likeness (QED) is 0.175. The van der Waals surface area contributed by atoms with Gasteiger partial charge in [-0.25, -0.2) is 9.59 Å². The van der Waals surface area contributed by atoms with Crippen LogP contribution < -0.4 is 5.43 Å². The molecule has 0 aromatic heterocycles. The number of benzene rings is 2. The van der Waals surface area contributed by atoms with Gasteiger partial charge in [0, 0.05) is 0 Å². The number of carboxylic acids is 2. The molecule has 0 heterocycles. The molecule has 0 saturated carbocycles. The molecule has 0 amide bonds. The molecule has 0 aliphatic carbocycles. The monoisotopic (exact) mass is 369 g/mol. The van der Waals surface area contributed by atoms with Crippen molar-refractivity contribution in [1.82, 2.24) is 0 Å². The second-order valence-corrected chi connectivity index (χ2v) is 4.90. The average Bonchev–Trinajstić information content (AvgIpc) is 2.63. The fourth-order valence-electron chi connectivity index (χ4n) is 1.78. The molecule has 11 nitrogen and oxygen atoms in total. The van der Waals surface area contributed by atoms with Crippen molar-refractivity contribution in [2.24, 2.45) is 15.3 Å². The number of aromatic hydroxyl groups is 2. The topological polar surface area (TPSA) is 188 Å². The summed E-state index contributed by atoms with van der Waals surface area (Å²) in [7, 11) is 0. The van der Waals surface area contributed by atoms with E-state index in [1.165, 1.54) is 6.07 Å². The molecular weight excluding hydrogens is 358 g/mol. The highest BCUT2D eigenvalue weighted by Crippen LogP contribution is 2.28. The number of phenols is 2. The molecule has 0 atom stereocenters. The summed E-state index contributed by atoms with van der Waals surface area (Å²) in [6.45, 7) is 0. The van der Waals surface area contributed by atoms with E-state index in [-0.39, 0.29) is 34.0 Å². The third-order valence-corrected chi connectivity index (χ3v) is 3.10. The molecule has 0 saturated heterocycles. The Hall–Kier alpha value is -4.46. The molecule has 0 bridgehead atoms. The van der Waals surface area contributed by atoms with Crippen molar-refractivity contribution in [2.45, 2.75) is 0 Å². The Morgan fingerprint density at radius 3 is 2.15 bits per heavy atom. The lowest BCUT2D eigenvalue weighted by Gasteiger charge is -2.04. The van der Waals surface area contributed by atoms with E-state index in [1.807, 2.05) is 0 Å². The maximum atomic E-state index is 10.9. The van der Waals surface area contributed by atoms with Gasteiger partial charge in [0.2, 0.25) is 0 Å². The summed E-state index contributed by atoms with van der Waals surface area (Å²) in [5.74, 6) is -3.67. The summed E-state index contributed by atoms with van der Waals surface area (Å²) in [4.78, 5) is 21.8. The summed E-state index contributed by atoms with van der Waals surface area (Å²) in [5, 5.41) is 56.8. The van der Waals surface area contributed by atoms with Gasteiger partial charge in [-0.05, 0) is 36.4 Å². The van der Waals surface area contributed by atoms with Crippen molar-refractivity contribution in [3.8, 4) is 17.6 Å². The molecule has 0 aliphatic heterocycles. The molecule has 5 N–H and O–H groups in total. The van der Waals surface area contributed by atoms with Gasteiger partial charge < -0.3 is 20.4 Å². The van der Waals surface area contributed by atoms with Crippen LogP contribution >= 0.6 is 0 Å². The van der Waals surface area contributed by atoms with E-state index in [4.69, 9.17) is 15.5 Å². The van der Waals surface area contributed by atoms with Crippen LogP contribution in [0, 0.1) is 11.3 Å². The van der Waals surface area contributed by atoms with Crippen LogP contribution in [0.2, 0.25) is 0 Å². The molecule has 2 aromatic rings. The Morgan fingerprint density at radius 1 is 0.963 bits per heavy atom. The molecular formula is C16H11N5O6. The van der Waals surface area contributed by atoms with Gasteiger partial charge in [0.1, 0.15) is 23.3 Å². The first-order chi connectivity index (χ1) is 12.8. The molecule has 0 unspecified atom stereocenters. The van der Waals surface area contributed by atoms with Crippen molar-refractivity contribution in [1.29, 1.82) is 5.26 Å². The number of carboxylic acid groups (broad SMARTS) is 2. The molecule has 2 aromatic carbocycles. The zero-order valence-electron chi connectivity index (χ0n) is 13.4. The minimum atomic E-state index is -1.24. The third kappa shape index (κ3) is 4.77. The van der Waals surface area contributed by atoms with Gasteiger partial charge in [0.15, 0.2) is 0 Å². The molecule has 0 spiro atoms. The molecule has 0 fully saturated rings. The normalized spacial score (nSPS) is 11.1. The number of nitrogens with one attached hydrogen (secondary N) is 1. The largest absolute Gasteiger partial charge is 0.506 e. The van der Waals surface area contributed by atoms with E-state index in [1.54, 1.807) is 6.07 Å². The molecule has 2 rings (SSSR count). The van der Waals surface area contributed by atoms with Crippen molar-refractivity contribution in [2.75, 3.05) is 5.43 Å². The minimum Gasteiger partial charge on any atom is -0.506 e. The Kier molecular flexibility index (Phi) is 5.65. The first-order valence-corrected chi connectivity index (χ1v) is 7.10. The Bertz CT molecular complexity index is 1010. The summed E-state index contributed by atoms with van der Waals surface area (Å²) in [6, 6.07) is 8.30. The van der Waals surface area contributed by atoms with Gasteiger partial charge in [0.05, 0.1) is 16.8 Å². The maximum absolute atomic E-state index is 10.9. The number of hydrogen-bond acceptors (Lipinski definition) is 8. The number of aromatic carboxylic acids is 2. The highest BCUT2D eigenvalue weighted by molar-refractivity contribution is 5.97. The number of hydrogen-bond donors (Lipinski definition) is 5. The summed E-state index contributed by atoms with van der Waals surface area (Å²) < 4.78 is 0. The number of carbonyl (C=O) groups is 2. The molecule has 0 aliphatic rings. The number of nitrogens with zero attached hydrogens (tertiary/aromatic N) is 4. The van der Waals surface area contributed by atoms with E-state index < -0.39 is 17.8 Å². The summed E-state index contributed by atoms with van der Waals surface area (Å²) in [5.41, 5.74) is 1.72. The zero-order chi connectivity index (χ0) is 20.0. The first kappa shape index (κ1) is 18.9. The van der Waals surface area contributed by atoms with Crippen molar-refractivity contribution in [3.05, 3.63) is 47.5 Å². The van der Waals surface area contributed by atoms with Crippen LogP contribution in [0.1, 0.15) is 20.7 Å². The highest BCUT2D eigenvalue weighted by atomic mass is 16.4. The van der Waals surface area contributed by atoms with Crippen LogP contribution in [0.15, 0.2) is 51.7 Å². The molecule has 27 heavy (non-hydrogen) atoms. The molecule has 0 radical (unpaired) electrons. The van der Waals surface area contributed by atoms with Gasteiger partial charge in [-0.1, -0.05) is 0 Å². The van der Waals surface area contributed by atoms with E-state index in [9.17, 15) is 19.8 Å². The second-order valence-electron chi connectivity index (χ2n) is 4.90. The molecule has 11 heteroatoms. The van der Waals surface area contributed by atoms with Crippen LogP contribution in [-0.2, 0) is 0 Å². The van der Waals surface area contributed by atoms with E-state index in [0.717, 1.165) is 30.3 Å². The van der Waals surface area contributed by atoms with Gasteiger partial charge >= 0.3 is 11.9 Å². The number of rotatable bonds is 5. The lowest BCUT2D eigenvalue weighted by Crippen LogP contribution is -2.00. The Labute approximate surface area is 151 Å². The second kappa shape index (κ2) is 8.08. The predicted octanol–water partition coefficient (Wildman–Crippen LogP) is 2.53. The number of nitriles is 1. The lowest BCUT2D eigenvalue weighted by molar-refractivity contribution is 0.0686. The standard InChI is InChI=1S/C16H11N5O6/c17-7-14(20-18-10-5-8(15(24)25)1-3-12(10)22)21-19-11-6-9(16(26)27)2-4-13(11)23/h1-6,18,22-23H,(H,24,25)(H,26,27). The SMILES string of the molecule is N#CC(N=Nc1cc(C(=O)O)ccc1O)=NNc1cc(C(=O)O)ccc1O. The fraction of sp³-hybridized carbons (Fsp3) is 0. The Balaban J connectivity index is 2.26. The van der Waals surface area contributed by atoms with Crippen LogP contribution in [0.5, 0.6) is 11.5 Å². The van der Waals surface area contributed by atoms with Gasteiger partial charge in [-0.15, -0.1) is 15.3 Å². The number of phenolic OH excluding ortho intramolecular Hbond substituents is 2. The first-order valence-electron chi connectivity index (χ1n) is 7.10.